The minimum absolute atomic E-state index is 0.0420. The molecule has 0 saturated heterocycles. The SMILES string of the molecule is CC(C)(C)N(C(=O)O)c1nc(C=O)c(F)s1. The second-order valence-electron chi connectivity index (χ2n) is 4.06. The van der Waals surface area contributed by atoms with Crippen LogP contribution < -0.4 is 4.90 Å². The minimum atomic E-state index is -1.24. The van der Waals surface area contributed by atoms with Crippen molar-refractivity contribution in [2.24, 2.45) is 0 Å². The third kappa shape index (κ3) is 2.35. The first-order chi connectivity index (χ1) is 7.27. The summed E-state index contributed by atoms with van der Waals surface area (Å²) < 4.78 is 13.1. The fourth-order valence-corrected chi connectivity index (χ4v) is 2.07. The van der Waals surface area contributed by atoms with Gasteiger partial charge in [0.1, 0.15) is 0 Å². The van der Waals surface area contributed by atoms with E-state index in [1.165, 1.54) is 0 Å². The predicted molar refractivity (Wildman–Crippen MR) is 57.7 cm³/mol. The molecule has 16 heavy (non-hydrogen) atoms. The Morgan fingerprint density at radius 1 is 1.56 bits per heavy atom. The van der Waals surface area contributed by atoms with Gasteiger partial charge in [0.25, 0.3) is 0 Å². The topological polar surface area (TPSA) is 70.5 Å². The van der Waals surface area contributed by atoms with Crippen LogP contribution >= 0.6 is 11.3 Å². The molecule has 0 aliphatic rings. The van der Waals surface area contributed by atoms with Crippen LogP contribution in [0.25, 0.3) is 0 Å². The molecule has 0 aromatic carbocycles. The summed E-state index contributed by atoms with van der Waals surface area (Å²) in [7, 11) is 0. The van der Waals surface area contributed by atoms with Gasteiger partial charge in [0.15, 0.2) is 17.1 Å². The molecule has 0 saturated carbocycles. The predicted octanol–water partition coefficient (Wildman–Crippen LogP) is 2.38. The molecule has 1 aromatic heterocycles. The molecule has 0 bridgehead atoms. The van der Waals surface area contributed by atoms with Gasteiger partial charge in [-0.05, 0) is 20.8 Å². The molecule has 0 unspecified atom stereocenters. The second kappa shape index (κ2) is 4.17. The van der Waals surface area contributed by atoms with Crippen molar-refractivity contribution >= 4 is 28.8 Å². The Kier molecular flexibility index (Phi) is 3.27. The number of hydrogen-bond acceptors (Lipinski definition) is 4. The van der Waals surface area contributed by atoms with Crippen LogP contribution in [0.3, 0.4) is 0 Å². The lowest BCUT2D eigenvalue weighted by molar-refractivity contribution is 0.111. The number of amides is 1. The number of nitrogens with zero attached hydrogens (tertiary/aromatic N) is 2. The van der Waals surface area contributed by atoms with Gasteiger partial charge in [-0.3, -0.25) is 4.79 Å². The number of anilines is 1. The van der Waals surface area contributed by atoms with Gasteiger partial charge in [0, 0.05) is 5.54 Å². The maximum atomic E-state index is 13.1. The molecule has 1 aromatic rings. The number of aromatic nitrogens is 1. The van der Waals surface area contributed by atoms with Gasteiger partial charge in [-0.1, -0.05) is 11.3 Å². The van der Waals surface area contributed by atoms with Crippen molar-refractivity contribution in [2.45, 2.75) is 26.3 Å². The lowest BCUT2D eigenvalue weighted by atomic mass is 10.1. The zero-order valence-electron chi connectivity index (χ0n) is 9.02. The molecule has 0 aliphatic carbocycles. The van der Waals surface area contributed by atoms with E-state index < -0.39 is 16.8 Å². The molecule has 1 amide bonds. The highest BCUT2D eigenvalue weighted by atomic mass is 32.1. The monoisotopic (exact) mass is 246 g/mol. The minimum Gasteiger partial charge on any atom is -0.465 e. The smallest absolute Gasteiger partial charge is 0.414 e. The van der Waals surface area contributed by atoms with Crippen molar-refractivity contribution in [1.29, 1.82) is 0 Å². The summed E-state index contributed by atoms with van der Waals surface area (Å²) in [5.41, 5.74) is -1.12. The number of rotatable bonds is 2. The Hall–Kier alpha value is -1.50. The number of carbonyl (C=O) groups excluding carboxylic acids is 1. The molecule has 88 valence electrons. The normalized spacial score (nSPS) is 11.2. The molecule has 1 rings (SSSR count). The molecule has 0 atom stereocenters. The lowest BCUT2D eigenvalue weighted by Gasteiger charge is -2.30. The van der Waals surface area contributed by atoms with Crippen LogP contribution in [-0.4, -0.2) is 28.0 Å². The highest BCUT2D eigenvalue weighted by Gasteiger charge is 2.31. The molecule has 5 nitrogen and oxygen atoms in total. The quantitative estimate of drug-likeness (QED) is 0.813. The van der Waals surface area contributed by atoms with Crippen molar-refractivity contribution in [3.63, 3.8) is 0 Å². The van der Waals surface area contributed by atoms with Crippen molar-refractivity contribution in [2.75, 3.05) is 4.90 Å². The highest BCUT2D eigenvalue weighted by molar-refractivity contribution is 7.14. The van der Waals surface area contributed by atoms with Crippen LogP contribution in [0.5, 0.6) is 0 Å². The number of thiazole rings is 1. The summed E-state index contributed by atoms with van der Waals surface area (Å²) in [4.78, 5) is 26.0. The number of hydrogen-bond donors (Lipinski definition) is 1. The first-order valence-corrected chi connectivity index (χ1v) is 5.23. The zero-order valence-corrected chi connectivity index (χ0v) is 9.84. The van der Waals surface area contributed by atoms with Gasteiger partial charge in [-0.25, -0.2) is 14.7 Å². The van der Waals surface area contributed by atoms with E-state index in [2.05, 4.69) is 4.98 Å². The molecular weight excluding hydrogens is 235 g/mol. The van der Waals surface area contributed by atoms with Crippen molar-refractivity contribution in [3.8, 4) is 0 Å². The fourth-order valence-electron chi connectivity index (χ4n) is 1.13. The number of halogens is 1. The van der Waals surface area contributed by atoms with Gasteiger partial charge in [-0.2, -0.15) is 4.39 Å². The number of carboxylic acid groups (broad SMARTS) is 1. The Labute approximate surface area is 95.5 Å². The van der Waals surface area contributed by atoms with Crippen LogP contribution in [-0.2, 0) is 0 Å². The number of carbonyl (C=O) groups is 2. The summed E-state index contributed by atoms with van der Waals surface area (Å²) >= 11 is 0.538. The maximum absolute atomic E-state index is 13.1. The van der Waals surface area contributed by atoms with Crippen LogP contribution in [0.4, 0.5) is 14.3 Å². The highest BCUT2D eigenvalue weighted by Crippen LogP contribution is 2.29. The summed E-state index contributed by atoms with van der Waals surface area (Å²) in [5.74, 6) is 0. The largest absolute Gasteiger partial charge is 0.465 e. The van der Waals surface area contributed by atoms with Gasteiger partial charge < -0.3 is 5.11 Å². The molecule has 0 fully saturated rings. The van der Waals surface area contributed by atoms with Crippen LogP contribution in [0.15, 0.2) is 0 Å². The third-order valence-corrected chi connectivity index (χ3v) is 2.61. The Bertz CT molecular complexity index is 425. The average Bonchev–Trinajstić information content (AvgIpc) is 2.43. The lowest BCUT2D eigenvalue weighted by Crippen LogP contribution is -2.45. The summed E-state index contributed by atoms with van der Waals surface area (Å²) in [6.07, 6.45) is -0.975. The van der Waals surface area contributed by atoms with Crippen LogP contribution in [0.2, 0.25) is 0 Å². The standard InChI is InChI=1S/C9H11FN2O3S/c1-9(2,3)12(8(14)15)7-11-5(4-13)6(10)16-7/h4H,1-3H3,(H,14,15). The van der Waals surface area contributed by atoms with Crippen LogP contribution in [0, 0.1) is 5.13 Å². The van der Waals surface area contributed by atoms with E-state index >= 15 is 0 Å². The third-order valence-electron chi connectivity index (χ3n) is 1.76. The van der Waals surface area contributed by atoms with Gasteiger partial charge in [0.2, 0.25) is 5.13 Å². The van der Waals surface area contributed by atoms with E-state index in [1.807, 2.05) is 0 Å². The van der Waals surface area contributed by atoms with E-state index in [0.717, 1.165) is 4.90 Å². The van der Waals surface area contributed by atoms with Crippen LogP contribution in [0.1, 0.15) is 31.3 Å². The van der Waals surface area contributed by atoms with Crippen molar-refractivity contribution in [3.05, 3.63) is 10.8 Å². The summed E-state index contributed by atoms with van der Waals surface area (Å²) in [6, 6.07) is 0. The average molecular weight is 246 g/mol. The van der Waals surface area contributed by atoms with Gasteiger partial charge >= 0.3 is 6.09 Å². The fraction of sp³-hybridized carbons (Fsp3) is 0.444. The molecule has 1 heterocycles. The molecule has 0 aliphatic heterocycles. The molecular formula is C9H11FN2O3S. The molecule has 0 radical (unpaired) electrons. The van der Waals surface area contributed by atoms with Crippen molar-refractivity contribution in [1.82, 2.24) is 4.98 Å². The molecule has 0 spiro atoms. The first-order valence-electron chi connectivity index (χ1n) is 4.42. The van der Waals surface area contributed by atoms with E-state index in [4.69, 9.17) is 5.11 Å². The van der Waals surface area contributed by atoms with Crippen molar-refractivity contribution < 1.29 is 19.1 Å². The van der Waals surface area contributed by atoms with Gasteiger partial charge in [-0.15, -0.1) is 0 Å². The van der Waals surface area contributed by atoms with Gasteiger partial charge in [0.05, 0.1) is 0 Å². The van der Waals surface area contributed by atoms with E-state index in [9.17, 15) is 14.0 Å². The van der Waals surface area contributed by atoms with E-state index in [1.54, 1.807) is 20.8 Å². The summed E-state index contributed by atoms with van der Waals surface area (Å²) in [6.45, 7) is 4.96. The maximum Gasteiger partial charge on any atom is 0.414 e. The Morgan fingerprint density at radius 2 is 2.12 bits per heavy atom. The zero-order chi connectivity index (χ0) is 12.5. The first kappa shape index (κ1) is 12.6. The molecule has 1 N–H and O–H groups in total. The number of aldehydes is 1. The Morgan fingerprint density at radius 3 is 2.44 bits per heavy atom. The second-order valence-corrected chi connectivity index (χ2v) is 4.99. The molecule has 7 heteroatoms. The van der Waals surface area contributed by atoms with E-state index in [-0.39, 0.29) is 17.1 Å². The summed E-state index contributed by atoms with van der Waals surface area (Å²) in [5, 5.41) is 8.20. The Balaban J connectivity index is 3.22. The van der Waals surface area contributed by atoms with E-state index in [0.29, 0.717) is 11.3 Å².